The van der Waals surface area contributed by atoms with Crippen LogP contribution >= 0.6 is 0 Å². The first-order valence-electron chi connectivity index (χ1n) is 19.7. The van der Waals surface area contributed by atoms with Crippen LogP contribution in [0.25, 0.3) is 0 Å². The SMILES string of the molecule is CO[C@H]1C[C@H](O[C@H]2[C@@H](O)C[C@H](O[C@H]3CC[C@@]4(C)C(=CC[C@]5(O)[C@@H]4C[C@@H](OC(=O)c4ccc(O)cc4)[C@@]4(C)[C@]5(O)CC[C@]4(O)C(C)=O)C3)O[C@@H]2C)O[C@H](C)[C@H]1O. The number of hydrogen-bond donors (Lipinski definition) is 6. The van der Waals surface area contributed by atoms with Gasteiger partial charge in [0.1, 0.15) is 40.9 Å². The summed E-state index contributed by atoms with van der Waals surface area (Å²) in [6, 6.07) is 5.55. The molecule has 306 valence electrons. The molecule has 14 heteroatoms. The van der Waals surface area contributed by atoms with Gasteiger partial charge >= 0.3 is 5.97 Å². The van der Waals surface area contributed by atoms with Crippen molar-refractivity contribution in [3.05, 3.63) is 41.5 Å². The number of carbonyl (C=O) groups is 2. The Balaban J connectivity index is 1.08. The number of esters is 1. The summed E-state index contributed by atoms with van der Waals surface area (Å²) in [4.78, 5) is 26.8. The molecule has 6 N–H and O–H groups in total. The normalized spacial score (nSPS) is 48.2. The van der Waals surface area contributed by atoms with E-state index in [4.69, 9.17) is 28.4 Å². The van der Waals surface area contributed by atoms with Crippen molar-refractivity contribution < 1.29 is 68.6 Å². The average molecular weight is 775 g/mol. The number of rotatable bonds is 8. The maximum Gasteiger partial charge on any atom is 0.338 e. The van der Waals surface area contributed by atoms with E-state index in [1.807, 2.05) is 19.9 Å². The van der Waals surface area contributed by atoms with E-state index in [2.05, 4.69) is 0 Å². The van der Waals surface area contributed by atoms with Crippen LogP contribution in [0.15, 0.2) is 35.9 Å². The third-order valence-corrected chi connectivity index (χ3v) is 14.7. The Hall–Kier alpha value is -2.50. The fourth-order valence-corrected chi connectivity index (χ4v) is 11.3. The zero-order valence-corrected chi connectivity index (χ0v) is 32.6. The summed E-state index contributed by atoms with van der Waals surface area (Å²) < 4.78 is 36.3. The second-order valence-corrected chi connectivity index (χ2v) is 17.4. The van der Waals surface area contributed by atoms with E-state index in [0.717, 1.165) is 5.57 Å². The number of fused-ring (bicyclic) bond motifs is 5. The Bertz CT molecular complexity index is 1640. The average Bonchev–Trinajstić information content (AvgIpc) is 3.37. The van der Waals surface area contributed by atoms with Crippen molar-refractivity contribution in [2.45, 2.75) is 171 Å². The molecular formula is C41H58O14. The van der Waals surface area contributed by atoms with Crippen LogP contribution in [-0.2, 0) is 33.2 Å². The van der Waals surface area contributed by atoms with Gasteiger partial charge in [0.25, 0.3) is 0 Å². The first kappa shape index (κ1) is 40.7. The number of aliphatic hydroxyl groups excluding tert-OH is 2. The highest BCUT2D eigenvalue weighted by Gasteiger charge is 2.81. The summed E-state index contributed by atoms with van der Waals surface area (Å²) in [6.07, 6.45) is -2.66. The van der Waals surface area contributed by atoms with Gasteiger partial charge in [-0.1, -0.05) is 18.6 Å². The summed E-state index contributed by atoms with van der Waals surface area (Å²) in [6.45, 7) is 8.41. The van der Waals surface area contributed by atoms with Crippen LogP contribution in [0.1, 0.15) is 103 Å². The summed E-state index contributed by atoms with van der Waals surface area (Å²) in [7, 11) is 1.53. The number of Topliss-reactive ketones (excluding diaryl/α,β-unsaturated/α-hetero) is 1. The largest absolute Gasteiger partial charge is 0.508 e. The summed E-state index contributed by atoms with van der Waals surface area (Å²) in [5, 5.41) is 68.9. The first-order valence-corrected chi connectivity index (χ1v) is 19.7. The zero-order valence-electron chi connectivity index (χ0n) is 32.6. The van der Waals surface area contributed by atoms with E-state index in [1.54, 1.807) is 13.8 Å². The molecule has 0 amide bonds. The highest BCUT2D eigenvalue weighted by atomic mass is 16.7. The number of phenolic OH excluding ortho intramolecular Hbond substituents is 1. The highest BCUT2D eigenvalue weighted by molar-refractivity contribution is 5.90. The third kappa shape index (κ3) is 6.30. The van der Waals surface area contributed by atoms with Crippen LogP contribution in [0.4, 0.5) is 0 Å². The summed E-state index contributed by atoms with van der Waals surface area (Å²) >= 11 is 0. The van der Waals surface area contributed by atoms with E-state index in [1.165, 1.54) is 38.3 Å². The lowest BCUT2D eigenvalue weighted by atomic mass is 9.42. The predicted molar refractivity (Wildman–Crippen MR) is 193 cm³/mol. The summed E-state index contributed by atoms with van der Waals surface area (Å²) in [5.74, 6) is -1.95. The number of hydrogen-bond acceptors (Lipinski definition) is 14. The van der Waals surface area contributed by atoms with Crippen LogP contribution in [0.3, 0.4) is 0 Å². The van der Waals surface area contributed by atoms with E-state index >= 15 is 0 Å². The minimum absolute atomic E-state index is 0.0296. The van der Waals surface area contributed by atoms with Gasteiger partial charge in [0.05, 0.1) is 41.5 Å². The molecular weight excluding hydrogens is 716 g/mol. The fourth-order valence-electron chi connectivity index (χ4n) is 11.3. The molecule has 0 radical (unpaired) electrons. The van der Waals surface area contributed by atoms with Gasteiger partial charge in [-0.05, 0) is 102 Å². The molecule has 1 aromatic rings. The van der Waals surface area contributed by atoms with Gasteiger partial charge in [0.15, 0.2) is 18.4 Å². The molecule has 0 unspecified atom stereocenters. The topological polar surface area (TPSA) is 211 Å². The number of carbonyl (C=O) groups excluding carboxylic acids is 2. The quantitative estimate of drug-likeness (QED) is 0.166. The van der Waals surface area contributed by atoms with E-state index in [-0.39, 0.29) is 49.5 Å². The molecule has 2 saturated heterocycles. The molecule has 2 aliphatic heterocycles. The van der Waals surface area contributed by atoms with Crippen molar-refractivity contribution in [2.24, 2.45) is 16.7 Å². The molecule has 4 aliphatic carbocycles. The van der Waals surface area contributed by atoms with Crippen molar-refractivity contribution in [3.8, 4) is 5.75 Å². The number of phenols is 1. The second kappa shape index (κ2) is 14.4. The van der Waals surface area contributed by atoms with Gasteiger partial charge < -0.3 is 59.1 Å². The first-order chi connectivity index (χ1) is 25.8. The lowest BCUT2D eigenvalue weighted by Gasteiger charge is -2.67. The maximum absolute atomic E-state index is 13.6. The van der Waals surface area contributed by atoms with Gasteiger partial charge in [0.2, 0.25) is 0 Å². The lowest BCUT2D eigenvalue weighted by molar-refractivity contribution is -0.320. The molecule has 3 saturated carbocycles. The van der Waals surface area contributed by atoms with Gasteiger partial charge in [-0.3, -0.25) is 4.79 Å². The Labute approximate surface area is 321 Å². The van der Waals surface area contributed by atoms with Gasteiger partial charge in [-0.15, -0.1) is 0 Å². The zero-order chi connectivity index (χ0) is 39.9. The molecule has 0 spiro atoms. The van der Waals surface area contributed by atoms with E-state index in [0.29, 0.717) is 25.7 Å². The van der Waals surface area contributed by atoms with E-state index < -0.39 is 101 Å². The fraction of sp³-hybridized carbons (Fsp3) is 0.756. The second-order valence-electron chi connectivity index (χ2n) is 17.4. The van der Waals surface area contributed by atoms with Crippen molar-refractivity contribution in [1.29, 1.82) is 0 Å². The van der Waals surface area contributed by atoms with Crippen LogP contribution in [0, 0.1) is 16.7 Å². The van der Waals surface area contributed by atoms with Gasteiger partial charge in [-0.2, -0.15) is 0 Å². The smallest absolute Gasteiger partial charge is 0.338 e. The monoisotopic (exact) mass is 774 g/mol. The number of aromatic hydroxyl groups is 1. The van der Waals surface area contributed by atoms with Crippen molar-refractivity contribution in [3.63, 3.8) is 0 Å². The van der Waals surface area contributed by atoms with Crippen LogP contribution in [0.5, 0.6) is 5.75 Å². The molecule has 0 aromatic heterocycles. The number of ether oxygens (including phenoxy) is 6. The Morgan fingerprint density at radius 1 is 0.891 bits per heavy atom. The van der Waals surface area contributed by atoms with Crippen LogP contribution in [-0.4, -0.2) is 128 Å². The molecule has 6 aliphatic rings. The molecule has 55 heavy (non-hydrogen) atoms. The minimum Gasteiger partial charge on any atom is -0.508 e. The molecule has 1 aromatic carbocycles. The maximum atomic E-state index is 13.6. The van der Waals surface area contributed by atoms with Crippen molar-refractivity contribution in [2.75, 3.05) is 7.11 Å². The molecule has 5 fully saturated rings. The van der Waals surface area contributed by atoms with Gasteiger partial charge in [0, 0.05) is 25.9 Å². The Morgan fingerprint density at radius 2 is 1.56 bits per heavy atom. The highest BCUT2D eigenvalue weighted by Crippen LogP contribution is 2.71. The third-order valence-electron chi connectivity index (χ3n) is 14.7. The Morgan fingerprint density at radius 3 is 2.22 bits per heavy atom. The molecule has 7 rings (SSSR count). The van der Waals surface area contributed by atoms with Gasteiger partial charge in [-0.25, -0.2) is 4.79 Å². The number of aliphatic hydroxyl groups is 5. The number of benzene rings is 1. The van der Waals surface area contributed by atoms with E-state index in [9.17, 15) is 40.2 Å². The Kier molecular flexibility index (Phi) is 10.7. The molecule has 2 heterocycles. The summed E-state index contributed by atoms with van der Waals surface area (Å²) in [5.41, 5.74) is -7.03. The molecule has 14 nitrogen and oxygen atoms in total. The molecule has 16 atom stereocenters. The van der Waals surface area contributed by atoms with Crippen LogP contribution < -0.4 is 0 Å². The minimum atomic E-state index is -2.07. The standard InChI is InChI=1S/C41H58O14/c1-21-34(45)29(50-6)19-33(51-21)55-35-22(2)52-32(18-28(35)44)53-27-12-13-37(4)25(17-27)11-14-40(48)30(37)20-31(54-36(46)24-7-9-26(43)10-8-24)38(5)39(47,23(3)42)15-16-41(38,40)49/h7-11,21-22,27-35,43-45,47-49H,12-20H2,1-6H3/t21-,22-,27+,28+,29+,30-,31-,32+,33+,34-,35-,37+,38-,39+,40+,41-/m1/s1. The van der Waals surface area contributed by atoms with Crippen molar-refractivity contribution in [1.82, 2.24) is 0 Å². The van der Waals surface area contributed by atoms with Crippen LogP contribution in [0.2, 0.25) is 0 Å². The lowest BCUT2D eigenvalue weighted by Crippen LogP contribution is -2.78. The number of ketones is 1. The predicted octanol–water partition coefficient (Wildman–Crippen LogP) is 2.82. The number of methoxy groups -OCH3 is 1. The molecule has 0 bridgehead atoms. The van der Waals surface area contributed by atoms with Crippen molar-refractivity contribution >= 4 is 11.8 Å².